The van der Waals surface area contributed by atoms with Crippen molar-refractivity contribution in [1.29, 1.82) is 0 Å². The number of methoxy groups -OCH3 is 2. The molecule has 1 aliphatic heterocycles. The highest BCUT2D eigenvalue weighted by Gasteiger charge is 2.29. The van der Waals surface area contributed by atoms with E-state index in [9.17, 15) is 13.3 Å². The maximum atomic E-state index is 13.1. The van der Waals surface area contributed by atoms with Crippen LogP contribution in [0, 0.1) is 4.91 Å². The van der Waals surface area contributed by atoms with Crippen LogP contribution in [0.5, 0.6) is 23.0 Å². The standard InChI is InChI=1S/C18H21N3O6S/c1-25-14-10-15(26-2)12-16(11-14)27-17-4-3-13(20-22)9-18(17)28(23,24)21-7-5-19-6-8-21/h3-4,9-12,19H,5-8H2,1-2H3. The quantitative estimate of drug-likeness (QED) is 0.703. The molecule has 2 aromatic carbocycles. The number of hydrogen-bond donors (Lipinski definition) is 1. The van der Waals surface area contributed by atoms with Crippen LogP contribution in [-0.2, 0) is 10.0 Å². The van der Waals surface area contributed by atoms with Gasteiger partial charge in [0.05, 0.1) is 14.2 Å². The fourth-order valence-electron chi connectivity index (χ4n) is 2.83. The summed E-state index contributed by atoms with van der Waals surface area (Å²) in [4.78, 5) is 10.8. The molecule has 150 valence electrons. The van der Waals surface area contributed by atoms with Crippen LogP contribution in [-0.4, -0.2) is 53.1 Å². The number of nitrogens with one attached hydrogen (secondary N) is 1. The number of ether oxygens (including phenoxy) is 3. The molecule has 1 fully saturated rings. The van der Waals surface area contributed by atoms with Crippen LogP contribution in [0.15, 0.2) is 46.5 Å². The lowest BCUT2D eigenvalue weighted by atomic mass is 10.3. The summed E-state index contributed by atoms with van der Waals surface area (Å²) in [5.74, 6) is 1.40. The Balaban J connectivity index is 2.03. The molecule has 1 aliphatic rings. The van der Waals surface area contributed by atoms with E-state index < -0.39 is 10.0 Å². The second-order valence-corrected chi connectivity index (χ2v) is 7.93. The zero-order chi connectivity index (χ0) is 20.1. The second-order valence-electron chi connectivity index (χ2n) is 6.03. The molecule has 1 N–H and O–H groups in total. The van der Waals surface area contributed by atoms with Gasteiger partial charge in [0, 0.05) is 44.4 Å². The van der Waals surface area contributed by atoms with E-state index in [2.05, 4.69) is 10.5 Å². The number of nitrogens with zero attached hydrogens (tertiary/aromatic N) is 2. The summed E-state index contributed by atoms with van der Waals surface area (Å²) < 4.78 is 43.9. The van der Waals surface area contributed by atoms with E-state index in [1.54, 1.807) is 18.2 Å². The Morgan fingerprint density at radius 1 is 0.964 bits per heavy atom. The Morgan fingerprint density at radius 3 is 2.14 bits per heavy atom. The Labute approximate surface area is 163 Å². The molecule has 0 atom stereocenters. The predicted molar refractivity (Wildman–Crippen MR) is 103 cm³/mol. The van der Waals surface area contributed by atoms with E-state index in [1.165, 1.54) is 36.7 Å². The Kier molecular flexibility index (Phi) is 6.12. The first kappa shape index (κ1) is 20.1. The Hall–Kier alpha value is -2.69. The summed E-state index contributed by atoms with van der Waals surface area (Å²) in [6.45, 7) is 1.75. The lowest BCUT2D eigenvalue weighted by Crippen LogP contribution is -2.46. The molecule has 28 heavy (non-hydrogen) atoms. The fraction of sp³-hybridized carbons (Fsp3) is 0.333. The molecule has 0 amide bonds. The summed E-state index contributed by atoms with van der Waals surface area (Å²) in [5.41, 5.74) is 0.00397. The number of sulfonamides is 1. The molecule has 1 heterocycles. The van der Waals surface area contributed by atoms with Crippen molar-refractivity contribution in [3.63, 3.8) is 0 Å². The molecule has 0 unspecified atom stereocenters. The van der Waals surface area contributed by atoms with Gasteiger partial charge in [-0.05, 0) is 23.4 Å². The van der Waals surface area contributed by atoms with Crippen LogP contribution < -0.4 is 19.5 Å². The molecule has 10 heteroatoms. The van der Waals surface area contributed by atoms with E-state index in [0.29, 0.717) is 43.4 Å². The highest BCUT2D eigenvalue weighted by atomic mass is 32.2. The van der Waals surface area contributed by atoms with Gasteiger partial charge in [-0.25, -0.2) is 8.42 Å². The first-order valence-corrected chi connectivity index (χ1v) is 10.0. The van der Waals surface area contributed by atoms with Gasteiger partial charge in [-0.15, -0.1) is 4.91 Å². The van der Waals surface area contributed by atoms with E-state index >= 15 is 0 Å². The minimum Gasteiger partial charge on any atom is -0.496 e. The van der Waals surface area contributed by atoms with Gasteiger partial charge >= 0.3 is 0 Å². The van der Waals surface area contributed by atoms with Gasteiger partial charge in [-0.1, -0.05) is 0 Å². The predicted octanol–water partition coefficient (Wildman–Crippen LogP) is 2.49. The smallest absolute Gasteiger partial charge is 0.246 e. The molecule has 1 saturated heterocycles. The van der Waals surface area contributed by atoms with Gasteiger partial charge in [0.15, 0.2) is 0 Å². The van der Waals surface area contributed by atoms with Crippen molar-refractivity contribution in [2.24, 2.45) is 5.18 Å². The van der Waals surface area contributed by atoms with Crippen LogP contribution in [0.3, 0.4) is 0 Å². The molecule has 9 nitrogen and oxygen atoms in total. The van der Waals surface area contributed by atoms with Gasteiger partial charge in [0.2, 0.25) is 10.0 Å². The molecular formula is C18H21N3O6S. The normalized spacial score (nSPS) is 15.1. The molecule has 0 radical (unpaired) electrons. The minimum absolute atomic E-state index is 0.00397. The van der Waals surface area contributed by atoms with Gasteiger partial charge < -0.3 is 19.5 Å². The summed E-state index contributed by atoms with van der Waals surface area (Å²) in [5, 5.41) is 5.96. The fourth-order valence-corrected chi connectivity index (χ4v) is 4.41. The van der Waals surface area contributed by atoms with E-state index in [1.807, 2.05) is 0 Å². The SMILES string of the molecule is COc1cc(OC)cc(Oc2ccc(N=O)cc2S(=O)(=O)N2CCNCC2)c1. The first-order chi connectivity index (χ1) is 13.5. The third kappa shape index (κ3) is 4.24. The highest BCUT2D eigenvalue weighted by Crippen LogP contribution is 2.36. The molecule has 0 aromatic heterocycles. The second kappa shape index (κ2) is 8.55. The van der Waals surface area contributed by atoms with Crippen LogP contribution in [0.2, 0.25) is 0 Å². The zero-order valence-electron chi connectivity index (χ0n) is 15.5. The average Bonchev–Trinajstić information content (AvgIpc) is 2.74. The Bertz CT molecular complexity index is 936. The summed E-state index contributed by atoms with van der Waals surface area (Å²) in [6, 6.07) is 8.92. The highest BCUT2D eigenvalue weighted by molar-refractivity contribution is 7.89. The number of benzene rings is 2. The molecular weight excluding hydrogens is 386 g/mol. The van der Waals surface area contributed by atoms with Crippen LogP contribution >= 0.6 is 0 Å². The maximum absolute atomic E-state index is 13.1. The third-order valence-corrected chi connectivity index (χ3v) is 6.20. The largest absolute Gasteiger partial charge is 0.496 e. The third-order valence-electron chi connectivity index (χ3n) is 4.28. The van der Waals surface area contributed by atoms with Gasteiger partial charge in [-0.2, -0.15) is 4.31 Å². The van der Waals surface area contributed by atoms with Crippen molar-refractivity contribution in [1.82, 2.24) is 9.62 Å². The summed E-state index contributed by atoms with van der Waals surface area (Å²) in [7, 11) is -0.863. The molecule has 3 rings (SSSR count). The Morgan fingerprint density at radius 2 is 1.57 bits per heavy atom. The van der Waals surface area contributed by atoms with Gasteiger partial charge in [0.1, 0.15) is 33.6 Å². The van der Waals surface area contributed by atoms with Crippen molar-refractivity contribution >= 4 is 15.7 Å². The van der Waals surface area contributed by atoms with Gasteiger partial charge in [0.25, 0.3) is 0 Å². The summed E-state index contributed by atoms with van der Waals surface area (Å²) >= 11 is 0. The topological polar surface area (TPSA) is 107 Å². The molecule has 0 aliphatic carbocycles. The van der Waals surface area contributed by atoms with Crippen molar-refractivity contribution in [2.45, 2.75) is 4.90 Å². The van der Waals surface area contributed by atoms with E-state index in [4.69, 9.17) is 14.2 Å². The first-order valence-electron chi connectivity index (χ1n) is 8.57. The molecule has 0 spiro atoms. The number of rotatable bonds is 7. The molecule has 2 aromatic rings. The van der Waals surface area contributed by atoms with E-state index in [-0.39, 0.29) is 16.3 Å². The van der Waals surface area contributed by atoms with Crippen molar-refractivity contribution in [3.8, 4) is 23.0 Å². The van der Waals surface area contributed by atoms with Crippen LogP contribution in [0.25, 0.3) is 0 Å². The lowest BCUT2D eigenvalue weighted by molar-refractivity contribution is 0.357. The van der Waals surface area contributed by atoms with Crippen molar-refractivity contribution < 1.29 is 22.6 Å². The van der Waals surface area contributed by atoms with Crippen molar-refractivity contribution in [3.05, 3.63) is 41.3 Å². The van der Waals surface area contributed by atoms with Crippen LogP contribution in [0.1, 0.15) is 0 Å². The van der Waals surface area contributed by atoms with Crippen molar-refractivity contribution in [2.75, 3.05) is 40.4 Å². The molecule has 0 saturated carbocycles. The summed E-state index contributed by atoms with van der Waals surface area (Å²) in [6.07, 6.45) is 0. The number of piperazine rings is 1. The lowest BCUT2D eigenvalue weighted by Gasteiger charge is -2.27. The monoisotopic (exact) mass is 407 g/mol. The maximum Gasteiger partial charge on any atom is 0.246 e. The van der Waals surface area contributed by atoms with E-state index in [0.717, 1.165) is 0 Å². The number of hydrogen-bond acceptors (Lipinski definition) is 8. The minimum atomic E-state index is -3.87. The number of nitroso groups, excluding NO2 is 1. The zero-order valence-corrected chi connectivity index (χ0v) is 16.4. The van der Waals surface area contributed by atoms with Crippen LogP contribution in [0.4, 0.5) is 5.69 Å². The molecule has 0 bridgehead atoms. The van der Waals surface area contributed by atoms with Gasteiger partial charge in [-0.3, -0.25) is 0 Å². The average molecular weight is 407 g/mol.